The fourth-order valence-corrected chi connectivity index (χ4v) is 3.25. The summed E-state index contributed by atoms with van der Waals surface area (Å²) in [6.45, 7) is 1.61. The maximum Gasteiger partial charge on any atom is 0.259 e. The van der Waals surface area contributed by atoms with E-state index in [0.717, 1.165) is 0 Å². The first-order chi connectivity index (χ1) is 14.9. The summed E-state index contributed by atoms with van der Waals surface area (Å²) in [5.41, 5.74) is 0.673. The first-order valence-electron chi connectivity index (χ1n) is 9.23. The molecule has 0 unspecified atom stereocenters. The highest BCUT2D eigenvalue weighted by atomic mass is 19.2. The van der Waals surface area contributed by atoms with E-state index in [-0.39, 0.29) is 17.3 Å². The number of amides is 1. The van der Waals surface area contributed by atoms with Crippen molar-refractivity contribution < 1.29 is 22.4 Å². The molecule has 1 amide bonds. The molecule has 4 aromatic rings. The lowest BCUT2D eigenvalue weighted by atomic mass is 10.1. The van der Waals surface area contributed by atoms with Gasteiger partial charge >= 0.3 is 0 Å². The van der Waals surface area contributed by atoms with Gasteiger partial charge in [0.25, 0.3) is 5.91 Å². The summed E-state index contributed by atoms with van der Waals surface area (Å²) >= 11 is 0. The third-order valence-corrected chi connectivity index (χ3v) is 4.74. The number of carbonyl (C=O) groups is 1. The van der Waals surface area contributed by atoms with Crippen LogP contribution >= 0.6 is 0 Å². The topological polar surface area (TPSA) is 46.9 Å². The van der Waals surface area contributed by atoms with Crippen molar-refractivity contribution >= 4 is 11.6 Å². The third kappa shape index (κ3) is 3.68. The number of para-hydroxylation sites is 1. The molecule has 0 aliphatic carbocycles. The number of rotatable bonds is 4. The zero-order valence-corrected chi connectivity index (χ0v) is 16.2. The fraction of sp³-hybridized carbons (Fsp3) is 0.0435. The Morgan fingerprint density at radius 1 is 0.871 bits per heavy atom. The van der Waals surface area contributed by atoms with Crippen LogP contribution in [0.5, 0.6) is 0 Å². The van der Waals surface area contributed by atoms with Crippen molar-refractivity contribution in [3.05, 3.63) is 101 Å². The van der Waals surface area contributed by atoms with Crippen molar-refractivity contribution in [1.82, 2.24) is 9.78 Å². The van der Waals surface area contributed by atoms with Gasteiger partial charge in [0.05, 0.1) is 16.9 Å². The molecule has 4 nitrogen and oxygen atoms in total. The number of aromatic nitrogens is 2. The van der Waals surface area contributed by atoms with Crippen LogP contribution in [0.25, 0.3) is 16.9 Å². The Kier molecular flexibility index (Phi) is 5.29. The van der Waals surface area contributed by atoms with E-state index in [0.29, 0.717) is 16.9 Å². The minimum atomic E-state index is -1.69. The maximum atomic E-state index is 14.1. The number of nitrogens with zero attached hydrogens (tertiary/aromatic N) is 2. The van der Waals surface area contributed by atoms with Crippen LogP contribution in [-0.2, 0) is 0 Å². The molecule has 1 N–H and O–H groups in total. The van der Waals surface area contributed by atoms with E-state index < -0.39 is 34.9 Å². The second-order valence-corrected chi connectivity index (χ2v) is 6.72. The maximum absolute atomic E-state index is 14.1. The lowest BCUT2D eigenvalue weighted by molar-refractivity contribution is 0.102. The molecular formula is C23H15F4N3O. The van der Waals surface area contributed by atoms with Gasteiger partial charge in [-0.15, -0.1) is 0 Å². The highest BCUT2D eigenvalue weighted by Crippen LogP contribution is 2.30. The van der Waals surface area contributed by atoms with Crippen LogP contribution in [0.15, 0.2) is 66.7 Å². The first-order valence-corrected chi connectivity index (χ1v) is 9.23. The summed E-state index contributed by atoms with van der Waals surface area (Å²) in [5, 5.41) is 6.48. The molecule has 1 aromatic heterocycles. The molecular weight excluding hydrogens is 410 g/mol. The van der Waals surface area contributed by atoms with Crippen LogP contribution in [0.4, 0.5) is 23.2 Å². The minimum absolute atomic E-state index is 0.0125. The molecule has 31 heavy (non-hydrogen) atoms. The Bertz CT molecular complexity index is 1250. The summed E-state index contributed by atoms with van der Waals surface area (Å²) in [4.78, 5) is 13.1. The number of nitrogens with one attached hydrogen (secondary N) is 1. The Labute approximate surface area is 174 Å². The lowest BCUT2D eigenvalue weighted by Crippen LogP contribution is -2.17. The summed E-state index contributed by atoms with van der Waals surface area (Å²) in [6.07, 6.45) is 0. The molecule has 1 heterocycles. The predicted molar refractivity (Wildman–Crippen MR) is 108 cm³/mol. The third-order valence-electron chi connectivity index (χ3n) is 4.74. The van der Waals surface area contributed by atoms with E-state index in [1.807, 2.05) is 11.4 Å². The van der Waals surface area contributed by atoms with Gasteiger partial charge in [0.15, 0.2) is 23.3 Å². The number of hydrogen-bond acceptors (Lipinski definition) is 2. The molecule has 0 radical (unpaired) electrons. The largest absolute Gasteiger partial charge is 0.317 e. The van der Waals surface area contributed by atoms with Gasteiger partial charge in [0, 0.05) is 11.6 Å². The monoisotopic (exact) mass is 425 g/mol. The first kappa shape index (κ1) is 20.3. The Balaban J connectivity index is 1.86. The normalized spacial score (nSPS) is 10.9. The van der Waals surface area contributed by atoms with Gasteiger partial charge in [-0.05, 0) is 19.1 Å². The van der Waals surface area contributed by atoms with Gasteiger partial charge in [-0.1, -0.05) is 48.5 Å². The van der Waals surface area contributed by atoms with Crippen molar-refractivity contribution in [2.75, 3.05) is 5.32 Å². The molecule has 0 saturated heterocycles. The molecule has 8 heteroatoms. The average molecular weight is 425 g/mol. The van der Waals surface area contributed by atoms with Crippen LogP contribution < -0.4 is 5.32 Å². The van der Waals surface area contributed by atoms with Crippen LogP contribution in [0.2, 0.25) is 0 Å². The fourth-order valence-electron chi connectivity index (χ4n) is 3.25. The SMILES string of the molecule is Cc1c(C(=O)Nc2c(F)c(F)cc(F)c2F)c(-c2ccccc2)nn1-c1ccccc1. The number of halogens is 4. The highest BCUT2D eigenvalue weighted by molar-refractivity contribution is 6.09. The number of hydrogen-bond donors (Lipinski definition) is 1. The molecule has 0 aliphatic heterocycles. The van der Waals surface area contributed by atoms with E-state index in [2.05, 4.69) is 5.10 Å². The van der Waals surface area contributed by atoms with Gasteiger partial charge < -0.3 is 5.32 Å². The Hall–Kier alpha value is -3.94. The van der Waals surface area contributed by atoms with E-state index in [1.165, 1.54) is 4.68 Å². The molecule has 0 saturated carbocycles. The summed E-state index contributed by atoms with van der Waals surface area (Å²) in [7, 11) is 0. The number of carbonyl (C=O) groups excluding carboxylic acids is 1. The average Bonchev–Trinajstić information content (AvgIpc) is 3.13. The van der Waals surface area contributed by atoms with Crippen LogP contribution in [-0.4, -0.2) is 15.7 Å². The van der Waals surface area contributed by atoms with Crippen LogP contribution in [0.3, 0.4) is 0 Å². The van der Waals surface area contributed by atoms with Crippen molar-refractivity contribution in [1.29, 1.82) is 0 Å². The van der Waals surface area contributed by atoms with Gasteiger partial charge in [0.1, 0.15) is 11.4 Å². The van der Waals surface area contributed by atoms with E-state index in [4.69, 9.17) is 0 Å². The zero-order valence-electron chi connectivity index (χ0n) is 16.2. The molecule has 0 aliphatic rings. The smallest absolute Gasteiger partial charge is 0.259 e. The molecule has 4 rings (SSSR count). The summed E-state index contributed by atoms with van der Waals surface area (Å²) < 4.78 is 56.8. The quantitative estimate of drug-likeness (QED) is 0.339. The highest BCUT2D eigenvalue weighted by Gasteiger charge is 2.27. The van der Waals surface area contributed by atoms with Crippen LogP contribution in [0, 0.1) is 30.2 Å². The van der Waals surface area contributed by atoms with Gasteiger partial charge in [0.2, 0.25) is 0 Å². The van der Waals surface area contributed by atoms with E-state index >= 15 is 0 Å². The number of anilines is 1. The zero-order chi connectivity index (χ0) is 22.1. The second-order valence-electron chi connectivity index (χ2n) is 6.72. The number of benzene rings is 3. The molecule has 156 valence electrons. The van der Waals surface area contributed by atoms with Crippen molar-refractivity contribution in [2.24, 2.45) is 0 Å². The standard InChI is InChI=1S/C23H15F4N3O/c1-13-18(23(31)28-22-19(26)16(24)12-17(25)20(22)27)21(14-8-4-2-5-9-14)29-30(13)15-10-6-3-7-11-15/h2-12H,1H3,(H,28,31). The molecule has 0 fully saturated rings. The van der Waals surface area contributed by atoms with Crippen molar-refractivity contribution in [3.63, 3.8) is 0 Å². The minimum Gasteiger partial charge on any atom is -0.317 e. The predicted octanol–water partition coefficient (Wildman–Crippen LogP) is 5.66. The molecule has 0 atom stereocenters. The second kappa shape index (κ2) is 8.06. The van der Waals surface area contributed by atoms with E-state index in [9.17, 15) is 22.4 Å². The summed E-state index contributed by atoms with van der Waals surface area (Å²) in [6, 6.07) is 17.7. The van der Waals surface area contributed by atoms with E-state index in [1.54, 1.807) is 61.5 Å². The van der Waals surface area contributed by atoms with Gasteiger partial charge in [-0.25, -0.2) is 22.2 Å². The Morgan fingerprint density at radius 2 is 1.42 bits per heavy atom. The lowest BCUT2D eigenvalue weighted by Gasteiger charge is -2.10. The van der Waals surface area contributed by atoms with Crippen molar-refractivity contribution in [2.45, 2.75) is 6.92 Å². The van der Waals surface area contributed by atoms with Gasteiger partial charge in [-0.2, -0.15) is 5.10 Å². The van der Waals surface area contributed by atoms with Gasteiger partial charge in [-0.3, -0.25) is 4.79 Å². The van der Waals surface area contributed by atoms with Crippen LogP contribution in [0.1, 0.15) is 16.1 Å². The Morgan fingerprint density at radius 3 is 2.00 bits per heavy atom. The molecule has 0 bridgehead atoms. The molecule has 0 spiro atoms. The van der Waals surface area contributed by atoms with Crippen molar-refractivity contribution in [3.8, 4) is 16.9 Å². The summed E-state index contributed by atoms with van der Waals surface area (Å²) in [5.74, 6) is -7.58. The molecule has 3 aromatic carbocycles.